The van der Waals surface area contributed by atoms with E-state index in [2.05, 4.69) is 52.1 Å². The topological polar surface area (TPSA) is 130 Å². The van der Waals surface area contributed by atoms with E-state index < -0.39 is 36.1 Å². The minimum Gasteiger partial charge on any atom is -0.478 e. The number of nitrogens with zero attached hydrogens (tertiary/aromatic N) is 1. The van der Waals surface area contributed by atoms with E-state index in [1.807, 2.05) is 12.1 Å². The molecule has 5 rings (SSSR count). The molecule has 9 nitrogen and oxygen atoms in total. The Morgan fingerprint density at radius 2 is 1.30 bits per heavy atom. The highest BCUT2D eigenvalue weighted by atomic mass is 79.9. The van der Waals surface area contributed by atoms with Crippen LogP contribution in [-0.4, -0.2) is 64.8 Å². The molecular weight excluding hydrogens is 701 g/mol. The zero-order chi connectivity index (χ0) is 33.4. The molecule has 0 saturated heterocycles. The molecule has 0 aromatic heterocycles. The van der Waals surface area contributed by atoms with Crippen LogP contribution in [0.5, 0.6) is 0 Å². The van der Waals surface area contributed by atoms with E-state index >= 15 is 0 Å². The highest BCUT2D eigenvalue weighted by Crippen LogP contribution is 2.38. The van der Waals surface area contributed by atoms with Gasteiger partial charge in [0, 0.05) is 33.5 Å². The lowest BCUT2D eigenvalue weighted by Gasteiger charge is -2.33. The molecule has 0 fully saturated rings. The van der Waals surface area contributed by atoms with E-state index in [1.54, 1.807) is 12.1 Å². The summed E-state index contributed by atoms with van der Waals surface area (Å²) in [5.74, 6) is -5.33. The molecule has 0 bridgehead atoms. The average Bonchev–Trinajstić information content (AvgIpc) is 3.03. The van der Waals surface area contributed by atoms with Gasteiger partial charge in [-0.15, -0.1) is 0 Å². The van der Waals surface area contributed by atoms with Crippen molar-refractivity contribution in [1.29, 1.82) is 0 Å². The van der Waals surface area contributed by atoms with Crippen molar-refractivity contribution < 1.29 is 38.9 Å². The number of likely N-dealkylation sites (N-methyl/N-ethyl adjacent to an activating group) is 1. The third kappa shape index (κ3) is 8.95. The van der Waals surface area contributed by atoms with Crippen molar-refractivity contribution in [1.82, 2.24) is 4.90 Å². The first-order valence-electron chi connectivity index (χ1n) is 13.8. The standard InChI is InChI=1S/C18H14O8.C16H14BrCl2N/c19-15(20)13(25-17(23)11-7-3-1-4-8-11)14(16(21)22)26-18(24)12-9-5-2-6-10-12;1-20-8-14(10-3-2-4-11(17)5-10)13-6-12(18)7-16(19)15(13)9-20/h1-10,13-14H,(H,19,20)(H,21,22);2-7,14H,8-9H2,1H3. The zero-order valence-corrected chi connectivity index (χ0v) is 27.4. The number of esters is 2. The Morgan fingerprint density at radius 1 is 0.783 bits per heavy atom. The van der Waals surface area contributed by atoms with Gasteiger partial charge >= 0.3 is 23.9 Å². The molecule has 0 amide bonds. The fourth-order valence-electron chi connectivity index (χ4n) is 4.85. The molecule has 4 aromatic rings. The second kappa shape index (κ2) is 15.9. The summed E-state index contributed by atoms with van der Waals surface area (Å²) < 4.78 is 10.6. The molecule has 0 spiro atoms. The van der Waals surface area contributed by atoms with Crippen LogP contribution in [0.25, 0.3) is 0 Å². The third-order valence-electron chi connectivity index (χ3n) is 6.99. The molecule has 4 aromatic carbocycles. The van der Waals surface area contributed by atoms with Crippen LogP contribution < -0.4 is 0 Å². The molecule has 1 heterocycles. The summed E-state index contributed by atoms with van der Waals surface area (Å²) in [5, 5.41) is 19.9. The number of ether oxygens (including phenoxy) is 2. The Hall–Kier alpha value is -4.22. The van der Waals surface area contributed by atoms with Gasteiger partial charge < -0.3 is 24.6 Å². The number of carboxylic acid groups (broad SMARTS) is 2. The largest absolute Gasteiger partial charge is 0.478 e. The summed E-state index contributed by atoms with van der Waals surface area (Å²) in [6.45, 7) is 1.84. The third-order valence-corrected chi connectivity index (χ3v) is 8.04. The summed E-state index contributed by atoms with van der Waals surface area (Å²) in [5.41, 5.74) is 3.77. The van der Waals surface area contributed by atoms with Gasteiger partial charge in [-0.25, -0.2) is 19.2 Å². The number of hydrogen-bond acceptors (Lipinski definition) is 7. The Balaban J connectivity index is 0.000000215. The SMILES string of the molecule is CN1Cc2c(Cl)cc(Cl)cc2C(c2cccc(Br)c2)C1.O=C(OC(C(=O)O)C(OC(=O)c1ccccc1)C(=O)O)c1ccccc1. The quantitative estimate of drug-likeness (QED) is 0.185. The lowest BCUT2D eigenvalue weighted by Crippen LogP contribution is -2.45. The first-order chi connectivity index (χ1) is 21.9. The molecule has 46 heavy (non-hydrogen) atoms. The Labute approximate surface area is 283 Å². The first kappa shape index (κ1) is 34.6. The van der Waals surface area contributed by atoms with Crippen LogP contribution in [0.1, 0.15) is 43.3 Å². The van der Waals surface area contributed by atoms with Gasteiger partial charge in [-0.05, 0) is 72.3 Å². The maximum Gasteiger partial charge on any atom is 0.349 e. The van der Waals surface area contributed by atoms with E-state index in [0.29, 0.717) is 10.9 Å². The molecule has 2 N–H and O–H groups in total. The van der Waals surface area contributed by atoms with Crippen molar-refractivity contribution in [2.45, 2.75) is 24.7 Å². The summed E-state index contributed by atoms with van der Waals surface area (Å²) in [4.78, 5) is 49.1. The van der Waals surface area contributed by atoms with Gasteiger partial charge in [-0.2, -0.15) is 0 Å². The van der Waals surface area contributed by atoms with Gasteiger partial charge in [-0.3, -0.25) is 0 Å². The number of aliphatic carboxylic acids is 2. The lowest BCUT2D eigenvalue weighted by molar-refractivity contribution is -0.166. The lowest BCUT2D eigenvalue weighted by atomic mass is 9.85. The monoisotopic (exact) mass is 727 g/mol. The van der Waals surface area contributed by atoms with Gasteiger partial charge in [0.15, 0.2) is 0 Å². The summed E-state index contributed by atoms with van der Waals surface area (Å²) in [6.07, 6.45) is -4.43. The van der Waals surface area contributed by atoms with Crippen LogP contribution in [0.3, 0.4) is 0 Å². The van der Waals surface area contributed by atoms with Gasteiger partial charge in [0.1, 0.15) is 0 Å². The van der Waals surface area contributed by atoms with Crippen molar-refractivity contribution >= 4 is 63.0 Å². The Morgan fingerprint density at radius 3 is 1.78 bits per heavy atom. The van der Waals surface area contributed by atoms with Crippen LogP contribution in [0.15, 0.2) is 102 Å². The normalized spacial score (nSPS) is 15.3. The number of benzene rings is 4. The van der Waals surface area contributed by atoms with E-state index in [9.17, 15) is 29.4 Å². The summed E-state index contributed by atoms with van der Waals surface area (Å²) in [7, 11) is 2.12. The highest BCUT2D eigenvalue weighted by Gasteiger charge is 2.41. The smallest absolute Gasteiger partial charge is 0.349 e. The zero-order valence-electron chi connectivity index (χ0n) is 24.3. The van der Waals surface area contributed by atoms with Crippen LogP contribution in [0, 0.1) is 0 Å². The molecule has 1 aliphatic heterocycles. The molecule has 12 heteroatoms. The van der Waals surface area contributed by atoms with Crippen LogP contribution in [0.2, 0.25) is 10.0 Å². The summed E-state index contributed by atoms with van der Waals surface area (Å²) in [6, 6.07) is 27.2. The number of hydrogen-bond donors (Lipinski definition) is 2. The van der Waals surface area contributed by atoms with Gasteiger partial charge in [0.25, 0.3) is 0 Å². The Bertz CT molecular complexity index is 1650. The fourth-order valence-corrected chi connectivity index (χ4v) is 5.84. The Kier molecular flexibility index (Phi) is 11.9. The molecule has 3 atom stereocenters. The molecule has 0 aliphatic carbocycles. The number of halogens is 3. The fraction of sp³-hybridized carbons (Fsp3) is 0.176. The average molecular weight is 729 g/mol. The molecular formula is C34H28BrCl2NO8. The predicted octanol–water partition coefficient (Wildman–Crippen LogP) is 6.94. The number of carboxylic acids is 2. The van der Waals surface area contributed by atoms with E-state index in [1.165, 1.54) is 65.2 Å². The van der Waals surface area contributed by atoms with Crippen LogP contribution in [-0.2, 0) is 25.6 Å². The molecule has 0 saturated carbocycles. The van der Waals surface area contributed by atoms with Crippen molar-refractivity contribution in [3.8, 4) is 0 Å². The number of carbonyl (C=O) groups excluding carboxylic acids is 2. The molecule has 238 valence electrons. The van der Waals surface area contributed by atoms with E-state index in [4.69, 9.17) is 32.7 Å². The second-order valence-electron chi connectivity index (χ2n) is 10.3. The second-order valence-corrected chi connectivity index (χ2v) is 12.1. The maximum absolute atomic E-state index is 12.0. The maximum atomic E-state index is 12.0. The van der Waals surface area contributed by atoms with E-state index in [0.717, 1.165) is 22.6 Å². The number of fused-ring (bicyclic) bond motifs is 1. The van der Waals surface area contributed by atoms with Gasteiger partial charge in [0.05, 0.1) is 11.1 Å². The first-order valence-corrected chi connectivity index (χ1v) is 15.4. The van der Waals surface area contributed by atoms with E-state index in [-0.39, 0.29) is 11.1 Å². The molecule has 3 unspecified atom stereocenters. The number of carbonyl (C=O) groups is 4. The van der Waals surface area contributed by atoms with Crippen molar-refractivity contribution in [2.75, 3.05) is 13.6 Å². The minimum atomic E-state index is -2.21. The molecule has 0 radical (unpaired) electrons. The minimum absolute atomic E-state index is 0.0253. The van der Waals surface area contributed by atoms with Crippen molar-refractivity contribution in [2.24, 2.45) is 0 Å². The molecule has 1 aliphatic rings. The van der Waals surface area contributed by atoms with Crippen LogP contribution >= 0.6 is 39.1 Å². The predicted molar refractivity (Wildman–Crippen MR) is 175 cm³/mol. The van der Waals surface area contributed by atoms with Crippen LogP contribution in [0.4, 0.5) is 0 Å². The van der Waals surface area contributed by atoms with Crippen molar-refractivity contribution in [3.63, 3.8) is 0 Å². The van der Waals surface area contributed by atoms with Gasteiger partial charge in [-0.1, -0.05) is 87.7 Å². The number of rotatable bonds is 8. The van der Waals surface area contributed by atoms with Gasteiger partial charge in [0.2, 0.25) is 12.2 Å². The van der Waals surface area contributed by atoms with Crippen molar-refractivity contribution in [3.05, 3.63) is 139 Å². The summed E-state index contributed by atoms with van der Waals surface area (Å²) >= 11 is 16.1. The highest BCUT2D eigenvalue weighted by molar-refractivity contribution is 9.10.